The molecular formula is C10H12N2O3S2. The first-order valence-electron chi connectivity index (χ1n) is 5.25. The molecule has 1 unspecified atom stereocenters. The highest BCUT2D eigenvalue weighted by atomic mass is 32.2. The Balaban J connectivity index is 1.87. The number of carbonyl (C=O) groups excluding carboxylic acids is 1. The third-order valence-corrected chi connectivity index (χ3v) is 4.67. The standard InChI is InChI=1S/C10H12N2O3S2/c13-8(11-4-6-2-1-3-16-6)9-12-7(5-17-9)10(14)15/h5-6H,1-4H2,(H,11,13)(H,14,15). The van der Waals surface area contributed by atoms with Crippen molar-refractivity contribution in [3.63, 3.8) is 0 Å². The van der Waals surface area contributed by atoms with Gasteiger partial charge in [0.15, 0.2) is 10.7 Å². The van der Waals surface area contributed by atoms with E-state index >= 15 is 0 Å². The number of thiazole rings is 1. The molecule has 1 saturated heterocycles. The fourth-order valence-corrected chi connectivity index (χ4v) is 3.47. The molecule has 1 atom stereocenters. The number of carbonyl (C=O) groups is 2. The van der Waals surface area contributed by atoms with Crippen molar-refractivity contribution >= 4 is 35.0 Å². The molecule has 0 radical (unpaired) electrons. The Morgan fingerprint density at radius 3 is 3.00 bits per heavy atom. The topological polar surface area (TPSA) is 79.3 Å². The molecule has 0 saturated carbocycles. The lowest BCUT2D eigenvalue weighted by atomic mass is 10.2. The van der Waals surface area contributed by atoms with Crippen LogP contribution >= 0.6 is 23.1 Å². The van der Waals surface area contributed by atoms with Gasteiger partial charge in [0.1, 0.15) is 0 Å². The molecule has 0 aromatic carbocycles. The van der Waals surface area contributed by atoms with Crippen LogP contribution in [-0.2, 0) is 0 Å². The number of aromatic nitrogens is 1. The highest BCUT2D eigenvalue weighted by Crippen LogP contribution is 2.25. The zero-order valence-corrected chi connectivity index (χ0v) is 10.6. The summed E-state index contributed by atoms with van der Waals surface area (Å²) in [7, 11) is 0. The number of carboxylic acids is 1. The maximum Gasteiger partial charge on any atom is 0.355 e. The molecule has 1 aliphatic heterocycles. The summed E-state index contributed by atoms with van der Waals surface area (Å²) in [6, 6.07) is 0. The van der Waals surface area contributed by atoms with Gasteiger partial charge in [0, 0.05) is 17.2 Å². The van der Waals surface area contributed by atoms with Gasteiger partial charge in [0.05, 0.1) is 0 Å². The number of rotatable bonds is 4. The van der Waals surface area contributed by atoms with Gasteiger partial charge in [-0.2, -0.15) is 11.8 Å². The van der Waals surface area contributed by atoms with Gasteiger partial charge >= 0.3 is 5.97 Å². The van der Waals surface area contributed by atoms with Crippen LogP contribution in [0.3, 0.4) is 0 Å². The first kappa shape index (κ1) is 12.4. The first-order chi connectivity index (χ1) is 8.16. The van der Waals surface area contributed by atoms with E-state index in [2.05, 4.69) is 10.3 Å². The largest absolute Gasteiger partial charge is 0.476 e. The number of carboxylic acid groups (broad SMARTS) is 1. The van der Waals surface area contributed by atoms with Crippen LogP contribution in [0.1, 0.15) is 33.1 Å². The third-order valence-electron chi connectivity index (χ3n) is 2.43. The van der Waals surface area contributed by atoms with Crippen molar-refractivity contribution < 1.29 is 14.7 Å². The molecule has 1 aromatic heterocycles. The van der Waals surface area contributed by atoms with Gasteiger partial charge in [0.25, 0.3) is 5.91 Å². The predicted octanol–water partition coefficient (Wildman–Crippen LogP) is 1.47. The van der Waals surface area contributed by atoms with Crippen LogP contribution in [0.25, 0.3) is 0 Å². The maximum atomic E-state index is 11.7. The summed E-state index contributed by atoms with van der Waals surface area (Å²) in [6.07, 6.45) is 2.33. The van der Waals surface area contributed by atoms with Gasteiger partial charge in [0.2, 0.25) is 0 Å². The van der Waals surface area contributed by atoms with E-state index in [-0.39, 0.29) is 16.6 Å². The summed E-state index contributed by atoms with van der Waals surface area (Å²) in [5.74, 6) is -0.234. The minimum atomic E-state index is -1.10. The molecule has 17 heavy (non-hydrogen) atoms. The molecule has 1 aromatic rings. The molecule has 2 heterocycles. The number of thioether (sulfide) groups is 1. The summed E-state index contributed by atoms with van der Waals surface area (Å²) >= 11 is 2.92. The molecule has 0 aliphatic carbocycles. The lowest BCUT2D eigenvalue weighted by molar-refractivity contribution is 0.0691. The summed E-state index contributed by atoms with van der Waals surface area (Å²) in [6.45, 7) is 0.630. The van der Waals surface area contributed by atoms with Crippen molar-refractivity contribution in [2.24, 2.45) is 0 Å². The van der Waals surface area contributed by atoms with Gasteiger partial charge in [-0.05, 0) is 18.6 Å². The minimum Gasteiger partial charge on any atom is -0.476 e. The SMILES string of the molecule is O=C(O)c1csc(C(=O)NCC2CCCS2)n1. The summed E-state index contributed by atoms with van der Waals surface area (Å²) in [5.41, 5.74) is -0.0737. The molecule has 5 nitrogen and oxygen atoms in total. The van der Waals surface area contributed by atoms with Crippen molar-refractivity contribution in [2.75, 3.05) is 12.3 Å². The zero-order chi connectivity index (χ0) is 12.3. The van der Waals surface area contributed by atoms with Gasteiger partial charge in [-0.3, -0.25) is 4.79 Å². The second-order valence-corrected chi connectivity index (χ2v) is 5.95. The monoisotopic (exact) mass is 272 g/mol. The number of aromatic carboxylic acids is 1. The Morgan fingerprint density at radius 1 is 1.59 bits per heavy atom. The molecule has 7 heteroatoms. The Labute approximate surface area is 107 Å². The molecule has 92 valence electrons. The van der Waals surface area contributed by atoms with E-state index in [0.717, 1.165) is 23.5 Å². The molecule has 1 amide bonds. The molecule has 0 spiro atoms. The van der Waals surface area contributed by atoms with E-state index < -0.39 is 5.97 Å². The van der Waals surface area contributed by atoms with Crippen LogP contribution in [0.15, 0.2) is 5.38 Å². The van der Waals surface area contributed by atoms with Crippen molar-refractivity contribution in [3.8, 4) is 0 Å². The Kier molecular flexibility index (Phi) is 4.01. The lowest BCUT2D eigenvalue weighted by Gasteiger charge is -2.08. The second kappa shape index (κ2) is 5.50. The highest BCUT2D eigenvalue weighted by molar-refractivity contribution is 8.00. The average molecular weight is 272 g/mol. The molecule has 1 aliphatic rings. The molecule has 2 rings (SSSR count). The van der Waals surface area contributed by atoms with Crippen molar-refractivity contribution in [3.05, 3.63) is 16.1 Å². The van der Waals surface area contributed by atoms with Crippen LogP contribution < -0.4 is 5.32 Å². The Hall–Kier alpha value is -1.08. The van der Waals surface area contributed by atoms with Crippen molar-refractivity contribution in [1.82, 2.24) is 10.3 Å². The number of nitrogens with zero attached hydrogens (tertiary/aromatic N) is 1. The van der Waals surface area contributed by atoms with Gasteiger partial charge < -0.3 is 10.4 Å². The van der Waals surface area contributed by atoms with Gasteiger partial charge in [-0.15, -0.1) is 11.3 Å². The molecule has 0 bridgehead atoms. The number of nitrogens with one attached hydrogen (secondary N) is 1. The third kappa shape index (κ3) is 3.19. The minimum absolute atomic E-state index is 0.0737. The van der Waals surface area contributed by atoms with Crippen LogP contribution in [0.5, 0.6) is 0 Å². The number of hydrogen-bond acceptors (Lipinski definition) is 5. The summed E-state index contributed by atoms with van der Waals surface area (Å²) < 4.78 is 0. The number of amides is 1. The van der Waals surface area contributed by atoms with Crippen LogP contribution in [0.2, 0.25) is 0 Å². The quantitative estimate of drug-likeness (QED) is 0.867. The molecular weight excluding hydrogens is 260 g/mol. The Morgan fingerprint density at radius 2 is 2.41 bits per heavy atom. The lowest BCUT2D eigenvalue weighted by Crippen LogP contribution is -2.29. The number of hydrogen-bond donors (Lipinski definition) is 2. The van der Waals surface area contributed by atoms with E-state index in [1.807, 2.05) is 11.8 Å². The fourth-order valence-electron chi connectivity index (χ4n) is 1.56. The van der Waals surface area contributed by atoms with Crippen LogP contribution in [0, 0.1) is 0 Å². The van der Waals surface area contributed by atoms with Crippen molar-refractivity contribution in [2.45, 2.75) is 18.1 Å². The Bertz CT molecular complexity index is 427. The fraction of sp³-hybridized carbons (Fsp3) is 0.500. The van der Waals surface area contributed by atoms with Gasteiger partial charge in [-0.1, -0.05) is 0 Å². The molecule has 1 fully saturated rings. The summed E-state index contributed by atoms with van der Waals surface area (Å²) in [5, 5.41) is 13.6. The van der Waals surface area contributed by atoms with E-state index in [1.54, 1.807) is 0 Å². The first-order valence-corrected chi connectivity index (χ1v) is 7.18. The van der Waals surface area contributed by atoms with E-state index in [9.17, 15) is 9.59 Å². The van der Waals surface area contributed by atoms with Crippen LogP contribution in [-0.4, -0.2) is 39.5 Å². The maximum absolute atomic E-state index is 11.7. The van der Waals surface area contributed by atoms with Crippen LogP contribution in [0.4, 0.5) is 0 Å². The summed E-state index contributed by atoms with van der Waals surface area (Å²) in [4.78, 5) is 26.0. The average Bonchev–Trinajstić information content (AvgIpc) is 2.96. The second-order valence-electron chi connectivity index (χ2n) is 3.69. The predicted molar refractivity (Wildman–Crippen MR) is 66.9 cm³/mol. The highest BCUT2D eigenvalue weighted by Gasteiger charge is 2.18. The molecule has 2 N–H and O–H groups in total. The van der Waals surface area contributed by atoms with E-state index in [1.165, 1.54) is 11.8 Å². The zero-order valence-electron chi connectivity index (χ0n) is 9.01. The normalized spacial score (nSPS) is 19.2. The van der Waals surface area contributed by atoms with Gasteiger partial charge in [-0.25, -0.2) is 9.78 Å². The van der Waals surface area contributed by atoms with E-state index in [4.69, 9.17) is 5.11 Å². The van der Waals surface area contributed by atoms with E-state index in [0.29, 0.717) is 11.8 Å². The smallest absolute Gasteiger partial charge is 0.355 e. The van der Waals surface area contributed by atoms with Crippen molar-refractivity contribution in [1.29, 1.82) is 0 Å².